The Morgan fingerprint density at radius 1 is 1.32 bits per heavy atom. The van der Waals surface area contributed by atoms with Gasteiger partial charge in [-0.15, -0.1) is 0 Å². The maximum absolute atomic E-state index is 12.0. The minimum Gasteiger partial charge on any atom is -0.388 e. The van der Waals surface area contributed by atoms with E-state index in [0.29, 0.717) is 0 Å². The molecule has 0 aliphatic rings. The molecule has 2 N–H and O–H groups in total. The third kappa shape index (κ3) is 6.13. The smallest absolute Gasteiger partial charge is 0.211 e. The summed E-state index contributed by atoms with van der Waals surface area (Å²) >= 11 is 0. The zero-order valence-corrected chi connectivity index (χ0v) is 11.7. The molecule has 0 amide bonds. The van der Waals surface area contributed by atoms with Crippen LogP contribution in [0.3, 0.4) is 0 Å². The number of aliphatic hydroxyl groups is 1. The first-order valence-corrected chi connectivity index (χ1v) is 7.89. The topological polar surface area (TPSA) is 66.4 Å². The number of alkyl halides is 1. The molecule has 0 bridgehead atoms. The molecule has 19 heavy (non-hydrogen) atoms. The highest BCUT2D eigenvalue weighted by molar-refractivity contribution is 7.89. The number of hydrogen-bond donors (Lipinski definition) is 2. The molecule has 0 aliphatic heterocycles. The SMILES string of the molecule is CC(CC(O)c1ccccc1)NS(=O)(=O)CCCF. The maximum Gasteiger partial charge on any atom is 0.211 e. The highest BCUT2D eigenvalue weighted by atomic mass is 32.2. The van der Waals surface area contributed by atoms with Crippen molar-refractivity contribution in [2.75, 3.05) is 12.4 Å². The predicted molar refractivity (Wildman–Crippen MR) is 73.0 cm³/mol. The van der Waals surface area contributed by atoms with Crippen LogP contribution in [0.2, 0.25) is 0 Å². The highest BCUT2D eigenvalue weighted by Crippen LogP contribution is 2.17. The van der Waals surface area contributed by atoms with E-state index < -0.39 is 28.8 Å². The second-order valence-electron chi connectivity index (χ2n) is 4.54. The molecule has 0 radical (unpaired) electrons. The fourth-order valence-corrected chi connectivity index (χ4v) is 3.12. The van der Waals surface area contributed by atoms with Crippen molar-refractivity contribution < 1.29 is 17.9 Å². The third-order valence-electron chi connectivity index (χ3n) is 2.69. The van der Waals surface area contributed by atoms with E-state index >= 15 is 0 Å². The Balaban J connectivity index is 2.49. The molecule has 0 saturated heterocycles. The van der Waals surface area contributed by atoms with Gasteiger partial charge in [0.2, 0.25) is 10.0 Å². The molecule has 0 aliphatic carbocycles. The van der Waals surface area contributed by atoms with Crippen molar-refractivity contribution in [3.63, 3.8) is 0 Å². The highest BCUT2D eigenvalue weighted by Gasteiger charge is 2.17. The second kappa shape index (κ2) is 7.57. The van der Waals surface area contributed by atoms with E-state index in [4.69, 9.17) is 0 Å². The lowest BCUT2D eigenvalue weighted by Gasteiger charge is -2.18. The van der Waals surface area contributed by atoms with E-state index in [9.17, 15) is 17.9 Å². The van der Waals surface area contributed by atoms with Crippen LogP contribution in [0.4, 0.5) is 4.39 Å². The van der Waals surface area contributed by atoms with Crippen LogP contribution in [0.25, 0.3) is 0 Å². The minimum absolute atomic E-state index is 0.0106. The lowest BCUT2D eigenvalue weighted by Crippen LogP contribution is -2.35. The van der Waals surface area contributed by atoms with E-state index in [1.165, 1.54) is 0 Å². The predicted octanol–water partition coefficient (Wildman–Crippen LogP) is 1.78. The number of sulfonamides is 1. The van der Waals surface area contributed by atoms with Gasteiger partial charge in [-0.25, -0.2) is 13.1 Å². The maximum atomic E-state index is 12.0. The summed E-state index contributed by atoms with van der Waals surface area (Å²) in [5.74, 6) is -0.227. The third-order valence-corrected chi connectivity index (χ3v) is 4.28. The van der Waals surface area contributed by atoms with Gasteiger partial charge in [0, 0.05) is 6.04 Å². The van der Waals surface area contributed by atoms with Crippen molar-refractivity contribution >= 4 is 10.0 Å². The fourth-order valence-electron chi connectivity index (χ4n) is 1.80. The van der Waals surface area contributed by atoms with Crippen LogP contribution in [0.15, 0.2) is 30.3 Å². The van der Waals surface area contributed by atoms with Crippen LogP contribution in [0.5, 0.6) is 0 Å². The average molecular weight is 289 g/mol. The molecule has 1 aromatic carbocycles. The van der Waals surface area contributed by atoms with Crippen LogP contribution in [0, 0.1) is 0 Å². The Morgan fingerprint density at radius 3 is 2.53 bits per heavy atom. The van der Waals surface area contributed by atoms with Gasteiger partial charge in [-0.3, -0.25) is 4.39 Å². The lowest BCUT2D eigenvalue weighted by atomic mass is 10.0. The molecule has 108 valence electrons. The number of benzene rings is 1. The first-order chi connectivity index (χ1) is 8.94. The number of nitrogens with one attached hydrogen (secondary N) is 1. The van der Waals surface area contributed by atoms with Gasteiger partial charge in [0.15, 0.2) is 0 Å². The Bertz CT molecular complexity index is 464. The van der Waals surface area contributed by atoms with Crippen molar-refractivity contribution in [2.45, 2.75) is 31.9 Å². The van der Waals surface area contributed by atoms with Crippen LogP contribution in [-0.4, -0.2) is 32.0 Å². The summed E-state index contributed by atoms with van der Waals surface area (Å²) in [6.45, 7) is 1.03. The Kier molecular flexibility index (Phi) is 6.41. The number of halogens is 1. The molecule has 0 fully saturated rings. The minimum atomic E-state index is -3.47. The van der Waals surface area contributed by atoms with Gasteiger partial charge in [-0.2, -0.15) is 0 Å². The summed E-state index contributed by atoms with van der Waals surface area (Å²) in [4.78, 5) is 0. The molecule has 0 heterocycles. The largest absolute Gasteiger partial charge is 0.388 e. The first kappa shape index (κ1) is 16.1. The van der Waals surface area contributed by atoms with E-state index in [2.05, 4.69) is 4.72 Å². The summed E-state index contributed by atoms with van der Waals surface area (Å²) in [7, 11) is -3.47. The van der Waals surface area contributed by atoms with Gasteiger partial charge in [0.1, 0.15) is 0 Å². The molecule has 2 unspecified atom stereocenters. The van der Waals surface area contributed by atoms with Gasteiger partial charge in [-0.1, -0.05) is 30.3 Å². The van der Waals surface area contributed by atoms with Gasteiger partial charge < -0.3 is 5.11 Å². The number of aliphatic hydroxyl groups excluding tert-OH is 1. The van der Waals surface area contributed by atoms with E-state index in [1.807, 2.05) is 18.2 Å². The molecule has 1 rings (SSSR count). The number of hydrogen-bond acceptors (Lipinski definition) is 3. The van der Waals surface area contributed by atoms with E-state index in [1.54, 1.807) is 19.1 Å². The summed E-state index contributed by atoms with van der Waals surface area (Å²) in [5, 5.41) is 9.97. The molecule has 2 atom stereocenters. The quantitative estimate of drug-likeness (QED) is 0.766. The molecular weight excluding hydrogens is 269 g/mol. The molecule has 1 aromatic rings. The summed E-state index contributed by atoms with van der Waals surface area (Å²) in [6, 6.07) is 8.65. The van der Waals surface area contributed by atoms with Crippen molar-refractivity contribution in [2.24, 2.45) is 0 Å². The zero-order valence-electron chi connectivity index (χ0n) is 10.9. The van der Waals surface area contributed by atoms with Crippen molar-refractivity contribution in [3.8, 4) is 0 Å². The lowest BCUT2D eigenvalue weighted by molar-refractivity contribution is 0.158. The summed E-state index contributed by atoms with van der Waals surface area (Å²) in [6.07, 6.45) is -0.456. The first-order valence-electron chi connectivity index (χ1n) is 6.23. The molecule has 6 heteroatoms. The standard InChI is InChI=1S/C13H20FNO3S/c1-11(15-19(17,18)9-5-8-14)10-13(16)12-6-3-2-4-7-12/h2-4,6-7,11,13,15-16H,5,8-10H2,1H3. The van der Waals surface area contributed by atoms with Crippen molar-refractivity contribution in [1.82, 2.24) is 4.72 Å². The van der Waals surface area contributed by atoms with Gasteiger partial charge in [0.25, 0.3) is 0 Å². The van der Waals surface area contributed by atoms with Crippen LogP contribution >= 0.6 is 0 Å². The van der Waals surface area contributed by atoms with Gasteiger partial charge in [-0.05, 0) is 25.3 Å². The Hall–Kier alpha value is -0.980. The zero-order chi connectivity index (χ0) is 14.3. The number of rotatable bonds is 8. The Morgan fingerprint density at radius 2 is 1.95 bits per heavy atom. The van der Waals surface area contributed by atoms with Gasteiger partial charge in [0.05, 0.1) is 18.5 Å². The molecular formula is C13H20FNO3S. The molecule has 0 saturated carbocycles. The molecule has 4 nitrogen and oxygen atoms in total. The van der Waals surface area contributed by atoms with Crippen molar-refractivity contribution in [1.29, 1.82) is 0 Å². The van der Waals surface area contributed by atoms with Crippen molar-refractivity contribution in [3.05, 3.63) is 35.9 Å². The Labute approximate surface area is 113 Å². The summed E-state index contributed by atoms with van der Waals surface area (Å²) < 4.78 is 37.5. The van der Waals surface area contributed by atoms with Crippen LogP contribution in [0.1, 0.15) is 31.4 Å². The van der Waals surface area contributed by atoms with Crippen LogP contribution < -0.4 is 4.72 Å². The van der Waals surface area contributed by atoms with E-state index in [0.717, 1.165) is 5.56 Å². The monoisotopic (exact) mass is 289 g/mol. The average Bonchev–Trinajstić information content (AvgIpc) is 2.36. The summed E-state index contributed by atoms with van der Waals surface area (Å²) in [5.41, 5.74) is 0.748. The molecule has 0 aromatic heterocycles. The molecule has 0 spiro atoms. The second-order valence-corrected chi connectivity index (χ2v) is 6.42. The van der Waals surface area contributed by atoms with Gasteiger partial charge >= 0.3 is 0 Å². The fraction of sp³-hybridized carbons (Fsp3) is 0.538. The normalized spacial score (nSPS) is 15.1. The van der Waals surface area contributed by atoms with E-state index in [-0.39, 0.29) is 18.6 Å². The van der Waals surface area contributed by atoms with Crippen LogP contribution in [-0.2, 0) is 10.0 Å².